The van der Waals surface area contributed by atoms with E-state index in [4.69, 9.17) is 23.7 Å². The maximum absolute atomic E-state index is 14.0. The highest BCUT2D eigenvalue weighted by Gasteiger charge is 2.34. The van der Waals surface area contributed by atoms with E-state index in [2.05, 4.69) is 4.99 Å². The Balaban J connectivity index is 1.51. The van der Waals surface area contributed by atoms with Crippen LogP contribution < -0.4 is 33.8 Å². The quantitative estimate of drug-likeness (QED) is 0.187. The summed E-state index contributed by atoms with van der Waals surface area (Å²) in [6.45, 7) is 5.90. The van der Waals surface area contributed by atoms with Gasteiger partial charge < -0.3 is 23.7 Å². The predicted molar refractivity (Wildman–Crippen MR) is 169 cm³/mol. The Morgan fingerprint density at radius 2 is 1.60 bits per heavy atom. The zero-order chi connectivity index (χ0) is 32.1. The minimum Gasteiger partial charge on any atom is -0.497 e. The highest BCUT2D eigenvalue weighted by Crippen LogP contribution is 2.36. The number of carbonyl (C=O) groups excluding carboxylic acids is 2. The summed E-state index contributed by atoms with van der Waals surface area (Å²) in [5, 5.41) is 0. The smallest absolute Gasteiger partial charge is 0.343 e. The molecule has 0 fully saturated rings. The molecule has 1 aliphatic heterocycles. The third-order valence-electron chi connectivity index (χ3n) is 7.03. The third-order valence-corrected chi connectivity index (χ3v) is 8.02. The Labute approximate surface area is 263 Å². The van der Waals surface area contributed by atoms with Crippen molar-refractivity contribution in [1.29, 1.82) is 0 Å². The topological polar surface area (TPSA) is 115 Å². The molecule has 0 N–H and O–H groups in total. The molecule has 0 unspecified atom stereocenters. The number of nitrogens with zero attached hydrogens (tertiary/aromatic N) is 2. The van der Waals surface area contributed by atoms with Crippen molar-refractivity contribution in [2.75, 3.05) is 27.4 Å². The van der Waals surface area contributed by atoms with Crippen molar-refractivity contribution >= 4 is 29.4 Å². The van der Waals surface area contributed by atoms with E-state index in [-0.39, 0.29) is 17.7 Å². The highest BCUT2D eigenvalue weighted by molar-refractivity contribution is 7.07. The van der Waals surface area contributed by atoms with Crippen LogP contribution in [-0.2, 0) is 9.53 Å². The molecule has 3 aromatic carbocycles. The van der Waals surface area contributed by atoms with Crippen molar-refractivity contribution in [1.82, 2.24) is 4.57 Å². The standard InChI is InChI=1S/C34H32N2O8S/c1-6-42-27-19-23(12-17-26(27)41-5)30-29(33(39)43-7-2)20(3)35-34-36(30)31(37)28(45-34)18-21-8-13-25(14-9-21)44-32(38)22-10-15-24(40-4)16-11-22/h8-19,30H,6-7H2,1-5H3/b28-18-/t30-/m1/s1. The molecule has 11 heteroatoms. The van der Waals surface area contributed by atoms with Gasteiger partial charge in [-0.2, -0.15) is 0 Å². The monoisotopic (exact) mass is 628 g/mol. The summed E-state index contributed by atoms with van der Waals surface area (Å²) in [5.41, 5.74) is 2.16. The Bertz CT molecular complexity index is 1940. The zero-order valence-electron chi connectivity index (χ0n) is 25.5. The minimum absolute atomic E-state index is 0.172. The van der Waals surface area contributed by atoms with Gasteiger partial charge in [0.05, 0.1) is 54.8 Å². The van der Waals surface area contributed by atoms with E-state index < -0.39 is 18.0 Å². The maximum atomic E-state index is 14.0. The van der Waals surface area contributed by atoms with Crippen LogP contribution in [0.1, 0.15) is 48.3 Å². The fraction of sp³-hybridized carbons (Fsp3) is 0.235. The van der Waals surface area contributed by atoms with Crippen LogP contribution in [-0.4, -0.2) is 43.9 Å². The number of hydrogen-bond acceptors (Lipinski definition) is 10. The molecule has 232 valence electrons. The molecule has 10 nitrogen and oxygen atoms in total. The van der Waals surface area contributed by atoms with Crippen LogP contribution in [0.25, 0.3) is 6.08 Å². The summed E-state index contributed by atoms with van der Waals surface area (Å²) < 4.78 is 29.2. The number of benzene rings is 3. The van der Waals surface area contributed by atoms with Crippen LogP contribution in [0.15, 0.2) is 87.8 Å². The number of hydrogen-bond donors (Lipinski definition) is 0. The summed E-state index contributed by atoms with van der Waals surface area (Å²) in [4.78, 5) is 44.8. The first-order valence-electron chi connectivity index (χ1n) is 14.2. The molecule has 0 saturated heterocycles. The second-order valence-corrected chi connectivity index (χ2v) is 10.8. The molecule has 0 spiro atoms. The van der Waals surface area contributed by atoms with E-state index in [0.717, 1.165) is 0 Å². The van der Waals surface area contributed by atoms with Gasteiger partial charge in [-0.25, -0.2) is 14.6 Å². The first kappa shape index (κ1) is 31.3. The third kappa shape index (κ3) is 6.53. The number of carbonyl (C=O) groups is 2. The van der Waals surface area contributed by atoms with E-state index in [9.17, 15) is 14.4 Å². The van der Waals surface area contributed by atoms with Gasteiger partial charge in [0.25, 0.3) is 5.56 Å². The first-order chi connectivity index (χ1) is 21.8. The highest BCUT2D eigenvalue weighted by atomic mass is 32.1. The van der Waals surface area contributed by atoms with Crippen molar-refractivity contribution in [3.8, 4) is 23.0 Å². The van der Waals surface area contributed by atoms with E-state index in [1.54, 1.807) is 101 Å². The van der Waals surface area contributed by atoms with Gasteiger partial charge in [-0.3, -0.25) is 9.36 Å². The maximum Gasteiger partial charge on any atom is 0.343 e. The number of esters is 2. The molecule has 1 atom stereocenters. The predicted octanol–water partition coefficient (Wildman–Crippen LogP) is 4.43. The molecule has 0 radical (unpaired) electrons. The van der Waals surface area contributed by atoms with E-state index in [1.165, 1.54) is 15.9 Å². The number of allylic oxidation sites excluding steroid dienone is 1. The summed E-state index contributed by atoms with van der Waals surface area (Å²) in [5.74, 6) is 0.965. The van der Waals surface area contributed by atoms with Crippen LogP contribution in [0.2, 0.25) is 0 Å². The van der Waals surface area contributed by atoms with Gasteiger partial charge in [0.15, 0.2) is 16.3 Å². The van der Waals surface area contributed by atoms with Gasteiger partial charge in [-0.1, -0.05) is 29.5 Å². The van der Waals surface area contributed by atoms with Crippen molar-refractivity contribution in [2.45, 2.75) is 26.8 Å². The Kier molecular flexibility index (Phi) is 9.48. The summed E-state index contributed by atoms with van der Waals surface area (Å²) >= 11 is 1.21. The SMILES string of the molecule is CCOC(=O)C1=C(C)N=c2s/c(=C\c3ccc(OC(=O)c4ccc(OC)cc4)cc3)c(=O)n2[C@@H]1c1ccc(OC)c(OCC)c1. The Hall–Kier alpha value is -5.16. The molecule has 2 heterocycles. The average Bonchev–Trinajstić information content (AvgIpc) is 3.35. The second-order valence-electron chi connectivity index (χ2n) is 9.83. The largest absolute Gasteiger partial charge is 0.497 e. The number of rotatable bonds is 10. The van der Waals surface area contributed by atoms with Gasteiger partial charge in [0.2, 0.25) is 0 Å². The van der Waals surface area contributed by atoms with Crippen LogP contribution in [0.4, 0.5) is 0 Å². The average molecular weight is 629 g/mol. The lowest BCUT2D eigenvalue weighted by molar-refractivity contribution is -0.139. The molecule has 0 aliphatic carbocycles. The number of methoxy groups -OCH3 is 2. The number of aromatic nitrogens is 1. The molecule has 5 rings (SSSR count). The minimum atomic E-state index is -0.799. The lowest BCUT2D eigenvalue weighted by Crippen LogP contribution is -2.40. The van der Waals surface area contributed by atoms with Crippen molar-refractivity contribution < 1.29 is 33.3 Å². The summed E-state index contributed by atoms with van der Waals surface area (Å²) in [6.07, 6.45) is 1.74. The molecular weight excluding hydrogens is 596 g/mol. The van der Waals surface area contributed by atoms with E-state index in [1.807, 2.05) is 6.92 Å². The van der Waals surface area contributed by atoms with Crippen molar-refractivity contribution in [2.24, 2.45) is 4.99 Å². The van der Waals surface area contributed by atoms with Gasteiger partial charge in [0.1, 0.15) is 11.5 Å². The van der Waals surface area contributed by atoms with Gasteiger partial charge in [0, 0.05) is 0 Å². The van der Waals surface area contributed by atoms with Gasteiger partial charge in [-0.15, -0.1) is 0 Å². The number of thiazole rings is 1. The molecule has 4 aromatic rings. The normalized spacial score (nSPS) is 14.3. The van der Waals surface area contributed by atoms with Crippen LogP contribution in [0.5, 0.6) is 23.0 Å². The first-order valence-corrected chi connectivity index (χ1v) is 15.1. The molecule has 1 aliphatic rings. The summed E-state index contributed by atoms with van der Waals surface area (Å²) in [6, 6.07) is 18.0. The lowest BCUT2D eigenvalue weighted by atomic mass is 9.95. The van der Waals surface area contributed by atoms with Gasteiger partial charge >= 0.3 is 11.9 Å². The fourth-order valence-corrected chi connectivity index (χ4v) is 5.96. The molecule has 0 saturated carbocycles. The Morgan fingerprint density at radius 1 is 0.889 bits per heavy atom. The van der Waals surface area contributed by atoms with E-state index in [0.29, 0.717) is 61.3 Å². The zero-order valence-corrected chi connectivity index (χ0v) is 26.3. The van der Waals surface area contributed by atoms with Crippen molar-refractivity contribution in [3.63, 3.8) is 0 Å². The second kappa shape index (κ2) is 13.6. The van der Waals surface area contributed by atoms with Crippen LogP contribution in [0.3, 0.4) is 0 Å². The van der Waals surface area contributed by atoms with E-state index >= 15 is 0 Å². The van der Waals surface area contributed by atoms with Crippen LogP contribution >= 0.6 is 11.3 Å². The van der Waals surface area contributed by atoms with Crippen molar-refractivity contribution in [3.05, 3.63) is 114 Å². The molecule has 0 amide bonds. The number of ether oxygens (including phenoxy) is 5. The van der Waals surface area contributed by atoms with Crippen LogP contribution in [0, 0.1) is 0 Å². The molecular formula is C34H32N2O8S. The summed E-state index contributed by atoms with van der Waals surface area (Å²) in [7, 11) is 3.10. The molecule has 45 heavy (non-hydrogen) atoms. The fourth-order valence-electron chi connectivity index (χ4n) is 4.92. The lowest BCUT2D eigenvalue weighted by Gasteiger charge is -2.25. The molecule has 1 aromatic heterocycles. The van der Waals surface area contributed by atoms with Gasteiger partial charge in [-0.05, 0) is 86.5 Å². The Morgan fingerprint density at radius 3 is 2.24 bits per heavy atom. The number of fused-ring (bicyclic) bond motifs is 1. The molecule has 0 bridgehead atoms.